The molecule has 0 unspecified atom stereocenters. The highest BCUT2D eigenvalue weighted by molar-refractivity contribution is 7.88. The molecule has 1 aliphatic carbocycles. The lowest BCUT2D eigenvalue weighted by atomic mass is 9.92. The quantitative estimate of drug-likeness (QED) is 0.649. The molecule has 0 aromatic carbocycles. The van der Waals surface area contributed by atoms with E-state index in [0.717, 1.165) is 38.6 Å². The summed E-state index contributed by atoms with van der Waals surface area (Å²) in [6.07, 6.45) is 3.56. The summed E-state index contributed by atoms with van der Waals surface area (Å²) >= 11 is 0. The Hall–Kier alpha value is -0.860. The molecule has 118 valence electrons. The molecule has 0 aromatic rings. The third-order valence-corrected chi connectivity index (χ3v) is 4.30. The third-order valence-electron chi connectivity index (χ3n) is 3.23. The van der Waals surface area contributed by atoms with E-state index < -0.39 is 16.3 Å². The van der Waals surface area contributed by atoms with Gasteiger partial charge in [-0.15, -0.1) is 0 Å². The average Bonchev–Trinajstić information content (AvgIpc) is 2.37. The molecule has 0 radical (unpaired) electrons. The van der Waals surface area contributed by atoms with Crippen LogP contribution in [-0.4, -0.2) is 39.7 Å². The Kier molecular flexibility index (Phi) is 7.25. The van der Waals surface area contributed by atoms with Crippen molar-refractivity contribution in [2.45, 2.75) is 58.0 Å². The topological polar surface area (TPSA) is 96.5 Å². The second kappa shape index (κ2) is 8.43. The fourth-order valence-corrected chi connectivity index (χ4v) is 3.29. The summed E-state index contributed by atoms with van der Waals surface area (Å²) in [7, 11) is -3.83. The van der Waals surface area contributed by atoms with Gasteiger partial charge in [-0.05, 0) is 45.6 Å². The lowest BCUT2D eigenvalue weighted by molar-refractivity contribution is 0.158. The smallest absolute Gasteiger partial charge is 0.421 e. The van der Waals surface area contributed by atoms with Crippen molar-refractivity contribution in [3.8, 4) is 0 Å². The van der Waals surface area contributed by atoms with Crippen LogP contribution in [0.15, 0.2) is 0 Å². The lowest BCUT2D eigenvalue weighted by Gasteiger charge is -2.29. The van der Waals surface area contributed by atoms with Crippen molar-refractivity contribution in [3.05, 3.63) is 0 Å². The van der Waals surface area contributed by atoms with Gasteiger partial charge < -0.3 is 10.1 Å². The molecule has 1 saturated carbocycles. The first-order valence-electron chi connectivity index (χ1n) is 7.17. The average molecular weight is 307 g/mol. The van der Waals surface area contributed by atoms with Crippen molar-refractivity contribution in [3.63, 3.8) is 0 Å². The fourth-order valence-electron chi connectivity index (χ4n) is 2.28. The molecule has 0 spiro atoms. The molecule has 1 fully saturated rings. The summed E-state index contributed by atoms with van der Waals surface area (Å²) in [5.74, 6) is 0. The Labute approximate surface area is 121 Å². The van der Waals surface area contributed by atoms with Gasteiger partial charge in [0.15, 0.2) is 0 Å². The summed E-state index contributed by atoms with van der Waals surface area (Å²) in [6.45, 7) is 4.86. The van der Waals surface area contributed by atoms with Crippen LogP contribution in [0.25, 0.3) is 0 Å². The number of hydrogen-bond donors (Lipinski definition) is 3. The maximum Gasteiger partial charge on any atom is 0.421 e. The number of nitrogens with one attached hydrogen (secondary N) is 3. The van der Waals surface area contributed by atoms with E-state index >= 15 is 0 Å². The number of hydrogen-bond acceptors (Lipinski definition) is 5. The number of rotatable bonds is 7. The van der Waals surface area contributed by atoms with E-state index in [9.17, 15) is 13.2 Å². The highest BCUT2D eigenvalue weighted by atomic mass is 32.2. The zero-order chi connectivity index (χ0) is 15.0. The molecule has 0 heterocycles. The lowest BCUT2D eigenvalue weighted by Crippen LogP contribution is -2.47. The van der Waals surface area contributed by atoms with Gasteiger partial charge in [0.2, 0.25) is 0 Å². The van der Waals surface area contributed by atoms with Gasteiger partial charge in [0.25, 0.3) is 0 Å². The van der Waals surface area contributed by atoms with Crippen molar-refractivity contribution in [2.75, 3.05) is 13.2 Å². The first-order chi connectivity index (χ1) is 9.46. The van der Waals surface area contributed by atoms with E-state index in [1.165, 1.54) is 0 Å². The van der Waals surface area contributed by atoms with Crippen molar-refractivity contribution in [1.29, 1.82) is 0 Å². The standard InChI is InChI=1S/C12H25N3O4S/c1-3-9-13-10-5-7-11(8-6-10)14-20(17,18)15-12(16)19-4-2/h10-11,13-14H,3-9H2,1-2H3,(H,15,16). The van der Waals surface area contributed by atoms with Crippen LogP contribution in [0, 0.1) is 0 Å². The molecule has 0 saturated heterocycles. The molecule has 7 nitrogen and oxygen atoms in total. The van der Waals surface area contributed by atoms with Crippen LogP contribution >= 0.6 is 0 Å². The van der Waals surface area contributed by atoms with Gasteiger partial charge in [-0.1, -0.05) is 6.92 Å². The van der Waals surface area contributed by atoms with Crippen LogP contribution in [0.2, 0.25) is 0 Å². The summed E-state index contributed by atoms with van der Waals surface area (Å²) in [5.41, 5.74) is 0. The minimum Gasteiger partial charge on any atom is -0.449 e. The summed E-state index contributed by atoms with van der Waals surface area (Å²) in [5, 5.41) is 3.44. The van der Waals surface area contributed by atoms with Crippen LogP contribution < -0.4 is 14.8 Å². The molecule has 1 amide bonds. The SMILES string of the molecule is CCCNC1CCC(NS(=O)(=O)NC(=O)OCC)CC1. The zero-order valence-electron chi connectivity index (χ0n) is 12.1. The molecule has 0 atom stereocenters. The van der Waals surface area contributed by atoms with Crippen molar-refractivity contribution >= 4 is 16.3 Å². The Morgan fingerprint density at radius 1 is 1.15 bits per heavy atom. The van der Waals surface area contributed by atoms with Crippen LogP contribution in [0.1, 0.15) is 46.0 Å². The fraction of sp³-hybridized carbons (Fsp3) is 0.917. The molecule has 1 aliphatic rings. The molecule has 0 aliphatic heterocycles. The molecule has 1 rings (SSSR count). The van der Waals surface area contributed by atoms with E-state index in [2.05, 4.69) is 21.7 Å². The van der Waals surface area contributed by atoms with Gasteiger partial charge in [0, 0.05) is 12.1 Å². The number of ether oxygens (including phenoxy) is 1. The van der Waals surface area contributed by atoms with E-state index in [1.807, 2.05) is 4.72 Å². The van der Waals surface area contributed by atoms with Crippen LogP contribution in [0.4, 0.5) is 4.79 Å². The van der Waals surface area contributed by atoms with E-state index in [1.54, 1.807) is 6.92 Å². The van der Waals surface area contributed by atoms with Gasteiger partial charge in [-0.25, -0.2) is 9.52 Å². The summed E-state index contributed by atoms with van der Waals surface area (Å²) in [4.78, 5) is 11.1. The predicted octanol–water partition coefficient (Wildman–Crippen LogP) is 0.878. The molecular formula is C12H25N3O4S. The van der Waals surface area contributed by atoms with E-state index in [-0.39, 0.29) is 12.6 Å². The Bertz CT molecular complexity index is 392. The van der Waals surface area contributed by atoms with Crippen LogP contribution in [-0.2, 0) is 14.9 Å². The zero-order valence-corrected chi connectivity index (χ0v) is 13.0. The molecule has 3 N–H and O–H groups in total. The van der Waals surface area contributed by atoms with Gasteiger partial charge in [-0.3, -0.25) is 0 Å². The second-order valence-corrected chi connectivity index (χ2v) is 6.39. The third kappa shape index (κ3) is 6.53. The summed E-state index contributed by atoms with van der Waals surface area (Å²) in [6, 6.07) is 0.343. The first-order valence-corrected chi connectivity index (χ1v) is 8.65. The van der Waals surface area contributed by atoms with Gasteiger partial charge in [-0.2, -0.15) is 13.1 Å². The maximum absolute atomic E-state index is 11.7. The molecular weight excluding hydrogens is 282 g/mol. The molecule has 8 heteroatoms. The van der Waals surface area contributed by atoms with E-state index in [0.29, 0.717) is 6.04 Å². The largest absolute Gasteiger partial charge is 0.449 e. The predicted molar refractivity (Wildman–Crippen MR) is 76.6 cm³/mol. The number of carbonyl (C=O) groups excluding carboxylic acids is 1. The first kappa shape index (κ1) is 17.2. The molecule has 0 aromatic heterocycles. The molecule has 0 bridgehead atoms. The highest BCUT2D eigenvalue weighted by Crippen LogP contribution is 2.19. The molecule has 20 heavy (non-hydrogen) atoms. The van der Waals surface area contributed by atoms with E-state index in [4.69, 9.17) is 0 Å². The minimum absolute atomic E-state index is 0.124. The Morgan fingerprint density at radius 2 is 1.75 bits per heavy atom. The second-order valence-electron chi connectivity index (χ2n) is 4.95. The number of carbonyl (C=O) groups is 1. The van der Waals surface area contributed by atoms with Crippen molar-refractivity contribution in [2.24, 2.45) is 0 Å². The van der Waals surface area contributed by atoms with Gasteiger partial charge in [0.1, 0.15) is 0 Å². The highest BCUT2D eigenvalue weighted by Gasteiger charge is 2.25. The number of amides is 1. The Balaban J connectivity index is 2.33. The van der Waals surface area contributed by atoms with Crippen molar-refractivity contribution in [1.82, 2.24) is 14.8 Å². The monoisotopic (exact) mass is 307 g/mol. The van der Waals surface area contributed by atoms with Gasteiger partial charge in [0.05, 0.1) is 6.61 Å². The summed E-state index contributed by atoms with van der Waals surface area (Å²) < 4.78 is 32.3. The Morgan fingerprint density at radius 3 is 2.30 bits per heavy atom. The van der Waals surface area contributed by atoms with Crippen molar-refractivity contribution < 1.29 is 17.9 Å². The van der Waals surface area contributed by atoms with Crippen LogP contribution in [0.3, 0.4) is 0 Å². The normalized spacial score (nSPS) is 23.3. The minimum atomic E-state index is -3.83. The van der Waals surface area contributed by atoms with Gasteiger partial charge >= 0.3 is 16.3 Å². The van der Waals surface area contributed by atoms with Crippen LogP contribution in [0.5, 0.6) is 0 Å². The maximum atomic E-state index is 11.7.